The van der Waals surface area contributed by atoms with Crippen LogP contribution in [0.2, 0.25) is 0 Å². The Balaban J connectivity index is 1.35. The molecule has 43 heavy (non-hydrogen) atoms. The largest absolute Gasteiger partial charge is 0.382 e. The number of hydrogen-bond donors (Lipinski definition) is 1. The van der Waals surface area contributed by atoms with E-state index in [1.54, 1.807) is 6.20 Å². The average Bonchev–Trinajstić information content (AvgIpc) is 3.57. The number of nitrogens with zero attached hydrogens (tertiary/aromatic N) is 5. The number of azo groups is 1. The highest BCUT2D eigenvalue weighted by Gasteiger charge is 2.17. The van der Waals surface area contributed by atoms with Crippen molar-refractivity contribution in [3.63, 3.8) is 0 Å². The van der Waals surface area contributed by atoms with Crippen LogP contribution >= 0.6 is 11.3 Å². The number of thiazole rings is 1. The fourth-order valence-corrected chi connectivity index (χ4v) is 5.97. The molecule has 0 spiro atoms. The summed E-state index contributed by atoms with van der Waals surface area (Å²) in [5.41, 5.74) is 7.64. The first-order valence-corrected chi connectivity index (χ1v) is 15.5. The third kappa shape index (κ3) is 5.68. The van der Waals surface area contributed by atoms with Crippen LogP contribution in [0.25, 0.3) is 21.5 Å². The predicted octanol–water partition coefficient (Wildman–Crippen LogP) is 10.9. The van der Waals surface area contributed by atoms with E-state index in [0.29, 0.717) is 11.2 Å². The van der Waals surface area contributed by atoms with E-state index in [9.17, 15) is 0 Å². The quantitative estimate of drug-likeness (QED) is 0.172. The van der Waals surface area contributed by atoms with E-state index in [2.05, 4.69) is 150 Å². The fraction of sp³-hybridized carbons (Fsp3) is 0.194. The molecule has 1 unspecified atom stereocenters. The van der Waals surface area contributed by atoms with Crippen molar-refractivity contribution in [1.29, 1.82) is 0 Å². The molecule has 5 aromatic carbocycles. The van der Waals surface area contributed by atoms with Crippen LogP contribution in [-0.2, 0) is 0 Å². The highest BCUT2D eigenvalue weighted by Crippen LogP contribution is 2.41. The van der Waals surface area contributed by atoms with Crippen molar-refractivity contribution in [2.75, 3.05) is 29.2 Å². The Morgan fingerprint density at radius 3 is 1.98 bits per heavy atom. The van der Waals surface area contributed by atoms with Crippen LogP contribution in [-0.4, -0.2) is 25.1 Å². The number of aromatic nitrogens is 1. The smallest absolute Gasteiger partial charge is 0.229 e. The Bertz CT molecular complexity index is 1910. The van der Waals surface area contributed by atoms with E-state index in [1.165, 1.54) is 44.3 Å². The van der Waals surface area contributed by atoms with E-state index in [1.807, 2.05) is 11.4 Å². The lowest BCUT2D eigenvalue weighted by molar-refractivity contribution is 0.765. The Labute approximate surface area is 257 Å². The monoisotopic (exact) mass is 584 g/mol. The van der Waals surface area contributed by atoms with Gasteiger partial charge in [-0.25, -0.2) is 4.98 Å². The summed E-state index contributed by atoms with van der Waals surface area (Å²) in [5.74, 6) is 0. The van der Waals surface area contributed by atoms with Gasteiger partial charge in [0.25, 0.3) is 0 Å². The van der Waals surface area contributed by atoms with Gasteiger partial charge in [-0.3, -0.25) is 0 Å². The lowest BCUT2D eigenvalue weighted by Gasteiger charge is -2.27. The Hall–Kier alpha value is -4.75. The zero-order valence-electron chi connectivity index (χ0n) is 25.2. The summed E-state index contributed by atoms with van der Waals surface area (Å²) in [5, 5.41) is 19.8. The van der Waals surface area contributed by atoms with Crippen molar-refractivity contribution in [2.45, 2.75) is 33.2 Å². The predicted molar refractivity (Wildman–Crippen MR) is 185 cm³/mol. The standard InChI is InChI=1S/C36H36N6S/c1-6-25(3)38-32-17-18-34(28-12-8-7-11-27(28)32)42(5)35-20-19-33(29-13-9-10-14-30(29)35)41(4)26-15-16-31(24(2)23-26)39-40-36-37-21-22-43-36/h7-23,25,38H,6H2,1-5H3. The van der Waals surface area contributed by atoms with Gasteiger partial charge in [0.05, 0.1) is 5.69 Å². The molecule has 216 valence electrons. The summed E-state index contributed by atoms with van der Waals surface area (Å²) in [6.45, 7) is 6.50. The summed E-state index contributed by atoms with van der Waals surface area (Å²) in [4.78, 5) is 8.74. The van der Waals surface area contributed by atoms with E-state index >= 15 is 0 Å². The van der Waals surface area contributed by atoms with Gasteiger partial charge >= 0.3 is 0 Å². The molecule has 0 aliphatic heterocycles. The molecule has 0 amide bonds. The number of nitrogens with one attached hydrogen (secondary N) is 1. The molecule has 0 saturated carbocycles. The molecule has 6 aromatic rings. The molecule has 0 bridgehead atoms. The van der Waals surface area contributed by atoms with Crippen LogP contribution < -0.4 is 15.1 Å². The first-order chi connectivity index (χ1) is 20.9. The van der Waals surface area contributed by atoms with E-state index in [0.717, 1.165) is 34.7 Å². The van der Waals surface area contributed by atoms with Crippen LogP contribution in [0.1, 0.15) is 25.8 Å². The van der Waals surface area contributed by atoms with E-state index in [-0.39, 0.29) is 0 Å². The van der Waals surface area contributed by atoms with Gasteiger partial charge in [-0.1, -0.05) is 55.5 Å². The van der Waals surface area contributed by atoms with Crippen molar-refractivity contribution in [2.24, 2.45) is 10.2 Å². The molecule has 1 atom stereocenters. The Morgan fingerprint density at radius 2 is 1.37 bits per heavy atom. The van der Waals surface area contributed by atoms with Crippen molar-refractivity contribution >= 4 is 72.1 Å². The van der Waals surface area contributed by atoms with Crippen LogP contribution in [0.3, 0.4) is 0 Å². The van der Waals surface area contributed by atoms with Crippen LogP contribution in [0.4, 0.5) is 39.3 Å². The van der Waals surface area contributed by atoms with Crippen molar-refractivity contribution < 1.29 is 0 Å². The van der Waals surface area contributed by atoms with Gasteiger partial charge < -0.3 is 15.1 Å². The Kier molecular flexibility index (Phi) is 8.07. The molecular weight excluding hydrogens is 549 g/mol. The molecular formula is C36H36N6S. The zero-order chi connectivity index (χ0) is 29.9. The summed E-state index contributed by atoms with van der Waals surface area (Å²) in [6.07, 6.45) is 2.81. The number of aryl methyl sites for hydroxylation is 1. The minimum Gasteiger partial charge on any atom is -0.382 e. The fourth-order valence-electron chi connectivity index (χ4n) is 5.51. The maximum atomic E-state index is 4.42. The number of rotatable bonds is 9. The van der Waals surface area contributed by atoms with Crippen LogP contribution in [0.5, 0.6) is 0 Å². The van der Waals surface area contributed by atoms with Crippen LogP contribution in [0.15, 0.2) is 113 Å². The zero-order valence-corrected chi connectivity index (χ0v) is 26.1. The van der Waals surface area contributed by atoms with Crippen molar-refractivity contribution in [3.05, 3.63) is 108 Å². The summed E-state index contributed by atoms with van der Waals surface area (Å²) < 4.78 is 0. The van der Waals surface area contributed by atoms with Gasteiger partial charge in [0.1, 0.15) is 0 Å². The topological polar surface area (TPSA) is 56.1 Å². The van der Waals surface area contributed by atoms with Crippen molar-refractivity contribution in [3.8, 4) is 0 Å². The Morgan fingerprint density at radius 1 is 0.767 bits per heavy atom. The van der Waals surface area contributed by atoms with E-state index in [4.69, 9.17) is 0 Å². The first-order valence-electron chi connectivity index (χ1n) is 14.6. The van der Waals surface area contributed by atoms with Crippen LogP contribution in [0, 0.1) is 6.92 Å². The van der Waals surface area contributed by atoms with Gasteiger partial charge in [0, 0.05) is 81.7 Å². The molecule has 7 heteroatoms. The minimum absolute atomic E-state index is 0.411. The third-order valence-electron chi connectivity index (χ3n) is 8.11. The second kappa shape index (κ2) is 12.2. The minimum atomic E-state index is 0.411. The average molecular weight is 585 g/mol. The number of fused-ring (bicyclic) bond motifs is 2. The molecule has 6 nitrogen and oxygen atoms in total. The molecule has 0 aliphatic carbocycles. The molecule has 0 aliphatic rings. The SMILES string of the molecule is CCC(C)Nc1ccc(N(C)c2ccc(N(C)c3ccc(N=Nc4nccs4)c(C)c3)c3ccccc23)c2ccccc12. The normalized spacial score (nSPS) is 12.2. The summed E-state index contributed by atoms with van der Waals surface area (Å²) in [6, 6.07) is 32.9. The number of benzene rings is 5. The maximum Gasteiger partial charge on any atom is 0.229 e. The molecule has 0 saturated heterocycles. The molecule has 1 aromatic heterocycles. The molecule has 1 heterocycles. The van der Waals surface area contributed by atoms with Gasteiger partial charge in [0.2, 0.25) is 5.13 Å². The first kappa shape index (κ1) is 28.4. The van der Waals surface area contributed by atoms with Gasteiger partial charge in [-0.15, -0.1) is 21.6 Å². The highest BCUT2D eigenvalue weighted by molar-refractivity contribution is 7.13. The van der Waals surface area contributed by atoms with Gasteiger partial charge in [-0.2, -0.15) is 0 Å². The van der Waals surface area contributed by atoms with Gasteiger partial charge in [-0.05, 0) is 68.3 Å². The number of anilines is 5. The third-order valence-corrected chi connectivity index (χ3v) is 8.76. The van der Waals surface area contributed by atoms with E-state index < -0.39 is 0 Å². The second-order valence-electron chi connectivity index (χ2n) is 10.9. The van der Waals surface area contributed by atoms with Crippen molar-refractivity contribution in [1.82, 2.24) is 4.98 Å². The summed E-state index contributed by atoms with van der Waals surface area (Å²) >= 11 is 1.47. The summed E-state index contributed by atoms with van der Waals surface area (Å²) in [7, 11) is 4.28. The number of hydrogen-bond acceptors (Lipinski definition) is 7. The highest BCUT2D eigenvalue weighted by atomic mass is 32.1. The second-order valence-corrected chi connectivity index (χ2v) is 11.8. The molecule has 0 fully saturated rings. The molecule has 6 rings (SSSR count). The molecule has 1 N–H and O–H groups in total. The maximum absolute atomic E-state index is 4.42. The lowest BCUT2D eigenvalue weighted by Crippen LogP contribution is -2.15. The molecule has 0 radical (unpaired) electrons. The van der Waals surface area contributed by atoms with Gasteiger partial charge in [0.15, 0.2) is 0 Å². The lowest BCUT2D eigenvalue weighted by atomic mass is 10.0.